The standard InChI is InChI=1S/C17H23N3O4/c1-12(21)13-2-4-16(5-3-13)24-11-14-9-20(19-18-14)10-17-8-15(22)6-7-23-17/h2-5,9,12,15,17,21-22H,6-8,10-11H2,1H3. The van der Waals surface area contributed by atoms with Gasteiger partial charge in [-0.1, -0.05) is 17.3 Å². The Kier molecular flexibility index (Phi) is 5.44. The van der Waals surface area contributed by atoms with Gasteiger partial charge in [0.2, 0.25) is 0 Å². The fourth-order valence-electron chi connectivity index (χ4n) is 2.69. The molecule has 1 aliphatic rings. The van der Waals surface area contributed by atoms with Crippen LogP contribution in [-0.2, 0) is 17.9 Å². The fourth-order valence-corrected chi connectivity index (χ4v) is 2.69. The predicted octanol–water partition coefficient (Wildman–Crippen LogP) is 1.45. The van der Waals surface area contributed by atoms with Gasteiger partial charge in [-0.15, -0.1) is 5.10 Å². The minimum atomic E-state index is -0.487. The molecule has 0 saturated carbocycles. The van der Waals surface area contributed by atoms with Crippen molar-refractivity contribution >= 4 is 0 Å². The zero-order valence-electron chi connectivity index (χ0n) is 13.7. The van der Waals surface area contributed by atoms with Crippen LogP contribution >= 0.6 is 0 Å². The summed E-state index contributed by atoms with van der Waals surface area (Å²) >= 11 is 0. The first-order valence-corrected chi connectivity index (χ1v) is 8.19. The molecule has 1 fully saturated rings. The highest BCUT2D eigenvalue weighted by molar-refractivity contribution is 5.28. The number of aromatic nitrogens is 3. The summed E-state index contributed by atoms with van der Waals surface area (Å²) in [6.07, 6.45) is 2.34. The van der Waals surface area contributed by atoms with Crippen molar-refractivity contribution in [3.8, 4) is 5.75 Å². The molecule has 7 heteroatoms. The maximum absolute atomic E-state index is 9.67. The van der Waals surface area contributed by atoms with Crippen LogP contribution in [0.25, 0.3) is 0 Å². The third-order valence-corrected chi connectivity index (χ3v) is 4.07. The van der Waals surface area contributed by atoms with Crippen LogP contribution in [0.4, 0.5) is 0 Å². The summed E-state index contributed by atoms with van der Waals surface area (Å²) in [5, 5.41) is 27.3. The highest BCUT2D eigenvalue weighted by Gasteiger charge is 2.21. The number of aliphatic hydroxyl groups is 2. The first-order valence-electron chi connectivity index (χ1n) is 8.19. The Morgan fingerprint density at radius 1 is 1.38 bits per heavy atom. The summed E-state index contributed by atoms with van der Waals surface area (Å²) in [5.74, 6) is 0.715. The summed E-state index contributed by atoms with van der Waals surface area (Å²) in [4.78, 5) is 0. The second-order valence-corrected chi connectivity index (χ2v) is 6.14. The molecule has 0 aliphatic carbocycles. The Hall–Kier alpha value is -1.96. The SMILES string of the molecule is CC(O)c1ccc(OCc2cn(CC3CC(O)CCO3)nn2)cc1. The number of benzene rings is 1. The highest BCUT2D eigenvalue weighted by atomic mass is 16.5. The van der Waals surface area contributed by atoms with E-state index in [0.29, 0.717) is 38.3 Å². The number of ether oxygens (including phenoxy) is 2. The molecule has 2 heterocycles. The van der Waals surface area contributed by atoms with Crippen LogP contribution in [0, 0.1) is 0 Å². The molecule has 3 atom stereocenters. The summed E-state index contributed by atoms with van der Waals surface area (Å²) in [6, 6.07) is 7.32. The summed E-state index contributed by atoms with van der Waals surface area (Å²) in [6.45, 7) is 3.21. The minimum Gasteiger partial charge on any atom is -0.487 e. The van der Waals surface area contributed by atoms with Gasteiger partial charge in [-0.3, -0.25) is 0 Å². The Bertz CT molecular complexity index is 642. The lowest BCUT2D eigenvalue weighted by atomic mass is 10.1. The lowest BCUT2D eigenvalue weighted by molar-refractivity contribution is -0.0512. The largest absolute Gasteiger partial charge is 0.487 e. The van der Waals surface area contributed by atoms with Gasteiger partial charge in [0.25, 0.3) is 0 Å². The second kappa shape index (κ2) is 7.74. The van der Waals surface area contributed by atoms with Crippen molar-refractivity contribution in [1.29, 1.82) is 0 Å². The van der Waals surface area contributed by atoms with Gasteiger partial charge in [0, 0.05) is 13.0 Å². The van der Waals surface area contributed by atoms with Gasteiger partial charge in [-0.2, -0.15) is 0 Å². The van der Waals surface area contributed by atoms with Gasteiger partial charge in [-0.05, 0) is 31.0 Å². The van der Waals surface area contributed by atoms with E-state index in [4.69, 9.17) is 9.47 Å². The number of hydrogen-bond acceptors (Lipinski definition) is 6. The van der Waals surface area contributed by atoms with E-state index in [9.17, 15) is 10.2 Å². The fraction of sp³-hybridized carbons (Fsp3) is 0.529. The Labute approximate surface area is 140 Å². The first kappa shape index (κ1) is 16.9. The Balaban J connectivity index is 1.50. The number of rotatable bonds is 6. The average Bonchev–Trinajstić information content (AvgIpc) is 3.01. The zero-order chi connectivity index (χ0) is 16.9. The molecule has 0 spiro atoms. The molecular formula is C17H23N3O4. The van der Waals surface area contributed by atoms with Crippen molar-refractivity contribution in [2.75, 3.05) is 6.61 Å². The maximum Gasteiger partial charge on any atom is 0.134 e. The summed E-state index contributed by atoms with van der Waals surface area (Å²) < 4.78 is 13.0. The van der Waals surface area contributed by atoms with Crippen LogP contribution in [0.1, 0.15) is 37.1 Å². The molecule has 0 bridgehead atoms. The number of hydrogen-bond donors (Lipinski definition) is 2. The van der Waals surface area contributed by atoms with Crippen LogP contribution in [0.15, 0.2) is 30.5 Å². The second-order valence-electron chi connectivity index (χ2n) is 6.14. The van der Waals surface area contributed by atoms with Crippen molar-refractivity contribution in [1.82, 2.24) is 15.0 Å². The van der Waals surface area contributed by atoms with Crippen molar-refractivity contribution in [3.63, 3.8) is 0 Å². The molecule has 0 amide bonds. The average molecular weight is 333 g/mol. The molecule has 1 aromatic carbocycles. The molecule has 2 aromatic rings. The maximum atomic E-state index is 9.67. The van der Waals surface area contributed by atoms with E-state index in [1.807, 2.05) is 30.5 Å². The van der Waals surface area contributed by atoms with Gasteiger partial charge in [0.1, 0.15) is 18.1 Å². The van der Waals surface area contributed by atoms with Gasteiger partial charge in [0.05, 0.1) is 31.1 Å². The van der Waals surface area contributed by atoms with E-state index in [0.717, 1.165) is 11.3 Å². The van der Waals surface area contributed by atoms with Crippen molar-refractivity contribution in [2.45, 2.75) is 51.2 Å². The first-order chi connectivity index (χ1) is 11.6. The van der Waals surface area contributed by atoms with Crippen LogP contribution in [0.5, 0.6) is 5.75 Å². The van der Waals surface area contributed by atoms with Crippen LogP contribution < -0.4 is 4.74 Å². The molecule has 3 rings (SSSR count). The highest BCUT2D eigenvalue weighted by Crippen LogP contribution is 2.18. The topological polar surface area (TPSA) is 89.6 Å². The third kappa shape index (κ3) is 4.53. The molecular weight excluding hydrogens is 310 g/mol. The van der Waals surface area contributed by atoms with Gasteiger partial charge < -0.3 is 19.7 Å². The van der Waals surface area contributed by atoms with Crippen LogP contribution in [-0.4, -0.2) is 44.0 Å². The number of nitrogens with zero attached hydrogens (tertiary/aromatic N) is 3. The minimum absolute atomic E-state index is 0.0303. The van der Waals surface area contributed by atoms with E-state index in [2.05, 4.69) is 10.3 Å². The molecule has 1 aliphatic heterocycles. The molecule has 2 N–H and O–H groups in total. The van der Waals surface area contributed by atoms with E-state index < -0.39 is 6.10 Å². The van der Waals surface area contributed by atoms with E-state index >= 15 is 0 Å². The quantitative estimate of drug-likeness (QED) is 0.832. The molecule has 1 aromatic heterocycles. The molecule has 24 heavy (non-hydrogen) atoms. The van der Waals surface area contributed by atoms with Crippen molar-refractivity contribution < 1.29 is 19.7 Å². The third-order valence-electron chi connectivity index (χ3n) is 4.07. The van der Waals surface area contributed by atoms with Crippen LogP contribution in [0.3, 0.4) is 0 Å². The van der Waals surface area contributed by atoms with Crippen molar-refractivity contribution in [3.05, 3.63) is 41.7 Å². The van der Waals surface area contributed by atoms with Crippen LogP contribution in [0.2, 0.25) is 0 Å². The van der Waals surface area contributed by atoms with Gasteiger partial charge in [0.15, 0.2) is 0 Å². The van der Waals surface area contributed by atoms with Crippen molar-refractivity contribution in [2.24, 2.45) is 0 Å². The monoisotopic (exact) mass is 333 g/mol. The van der Waals surface area contributed by atoms with E-state index in [1.165, 1.54) is 0 Å². The molecule has 0 radical (unpaired) electrons. The van der Waals surface area contributed by atoms with Gasteiger partial charge >= 0.3 is 0 Å². The normalized spacial score (nSPS) is 22.3. The Morgan fingerprint density at radius 2 is 2.17 bits per heavy atom. The zero-order valence-corrected chi connectivity index (χ0v) is 13.7. The molecule has 7 nitrogen and oxygen atoms in total. The Morgan fingerprint density at radius 3 is 2.88 bits per heavy atom. The molecule has 3 unspecified atom stereocenters. The summed E-state index contributed by atoms with van der Waals surface area (Å²) in [5.41, 5.74) is 1.58. The molecule has 1 saturated heterocycles. The van der Waals surface area contributed by atoms with E-state index in [-0.39, 0.29) is 12.2 Å². The molecule has 130 valence electrons. The lowest BCUT2D eigenvalue weighted by Crippen LogP contribution is -2.32. The smallest absolute Gasteiger partial charge is 0.134 e. The predicted molar refractivity (Wildman–Crippen MR) is 86.4 cm³/mol. The number of aliphatic hydroxyl groups excluding tert-OH is 2. The van der Waals surface area contributed by atoms with Gasteiger partial charge in [-0.25, -0.2) is 4.68 Å². The lowest BCUT2D eigenvalue weighted by Gasteiger charge is -2.26. The van der Waals surface area contributed by atoms with E-state index in [1.54, 1.807) is 11.6 Å². The summed E-state index contributed by atoms with van der Waals surface area (Å²) in [7, 11) is 0.